The van der Waals surface area contributed by atoms with E-state index in [9.17, 15) is 14.4 Å². The minimum Gasteiger partial charge on any atom is -0.356 e. The van der Waals surface area contributed by atoms with E-state index in [-0.39, 0.29) is 34.6 Å². The average Bonchev–Trinajstić information content (AvgIpc) is 2.95. The van der Waals surface area contributed by atoms with Crippen molar-refractivity contribution in [2.45, 2.75) is 19.4 Å². The summed E-state index contributed by atoms with van der Waals surface area (Å²) in [5, 5.41) is 14.9. The molecule has 0 unspecified atom stereocenters. The number of benzene rings is 3. The van der Waals surface area contributed by atoms with Gasteiger partial charge in [-0.3, -0.25) is 19.4 Å². The fourth-order valence-corrected chi connectivity index (χ4v) is 4.68. The van der Waals surface area contributed by atoms with E-state index in [2.05, 4.69) is 31.6 Å². The van der Waals surface area contributed by atoms with E-state index in [1.165, 1.54) is 0 Å². The summed E-state index contributed by atoms with van der Waals surface area (Å²) in [5.41, 5.74) is 3.01. The molecule has 40 heavy (non-hydrogen) atoms. The molecule has 5 N–H and O–H groups in total. The number of amides is 3. The Balaban J connectivity index is 1.24. The van der Waals surface area contributed by atoms with E-state index in [4.69, 9.17) is 23.2 Å². The van der Waals surface area contributed by atoms with E-state index in [0.29, 0.717) is 17.2 Å². The maximum atomic E-state index is 12.8. The summed E-state index contributed by atoms with van der Waals surface area (Å²) < 4.78 is 0. The smallest absolute Gasteiger partial charge is 0.254 e. The van der Waals surface area contributed by atoms with Crippen molar-refractivity contribution in [1.82, 2.24) is 21.3 Å². The van der Waals surface area contributed by atoms with Crippen molar-refractivity contribution in [3.05, 3.63) is 87.9 Å². The van der Waals surface area contributed by atoms with Crippen molar-refractivity contribution in [1.29, 1.82) is 0 Å². The number of hydrogen-bond acceptors (Lipinski definition) is 6. The zero-order valence-electron chi connectivity index (χ0n) is 21.9. The third kappa shape index (κ3) is 7.97. The molecule has 1 atom stereocenters. The van der Waals surface area contributed by atoms with Gasteiger partial charge in [0.25, 0.3) is 11.8 Å². The molecule has 0 saturated heterocycles. The lowest BCUT2D eigenvalue weighted by Gasteiger charge is -2.17. The first-order valence-electron chi connectivity index (χ1n) is 12.9. The average molecular weight is 582 g/mol. The van der Waals surface area contributed by atoms with Crippen molar-refractivity contribution in [2.24, 2.45) is 4.99 Å². The minimum absolute atomic E-state index is 0.145. The third-order valence-electron chi connectivity index (χ3n) is 6.05. The first-order chi connectivity index (χ1) is 19.3. The van der Waals surface area contributed by atoms with Crippen LogP contribution in [0, 0.1) is 0 Å². The van der Waals surface area contributed by atoms with Crippen LogP contribution in [-0.4, -0.2) is 55.9 Å². The Hall–Kier alpha value is -4.08. The highest BCUT2D eigenvalue weighted by atomic mass is 35.5. The molecule has 0 aliphatic carbocycles. The molecule has 3 aromatic carbocycles. The molecule has 9 nitrogen and oxygen atoms in total. The molecule has 3 amide bonds. The number of carbonyl (C=O) groups is 3. The quantitative estimate of drug-likeness (QED) is 0.261. The van der Waals surface area contributed by atoms with E-state index in [0.717, 1.165) is 30.6 Å². The van der Waals surface area contributed by atoms with Crippen molar-refractivity contribution in [3.63, 3.8) is 0 Å². The summed E-state index contributed by atoms with van der Waals surface area (Å²) in [6, 6.07) is 19.5. The van der Waals surface area contributed by atoms with Crippen LogP contribution in [0.2, 0.25) is 10.0 Å². The monoisotopic (exact) mass is 580 g/mol. The van der Waals surface area contributed by atoms with Gasteiger partial charge in [-0.05, 0) is 54.8 Å². The molecular weight excluding hydrogens is 551 g/mol. The maximum Gasteiger partial charge on any atom is 0.254 e. The Kier molecular flexibility index (Phi) is 9.99. The van der Waals surface area contributed by atoms with Crippen molar-refractivity contribution >= 4 is 52.6 Å². The lowest BCUT2D eigenvalue weighted by molar-refractivity contribution is -0.120. The van der Waals surface area contributed by atoms with Gasteiger partial charge >= 0.3 is 0 Å². The van der Waals surface area contributed by atoms with Crippen LogP contribution in [0.25, 0.3) is 11.1 Å². The third-order valence-corrected chi connectivity index (χ3v) is 6.65. The molecule has 0 fully saturated rings. The predicted octanol–water partition coefficient (Wildman–Crippen LogP) is 4.09. The summed E-state index contributed by atoms with van der Waals surface area (Å²) in [5.74, 6) is -0.569. The molecule has 1 aliphatic rings. The largest absolute Gasteiger partial charge is 0.356 e. The molecule has 0 saturated carbocycles. The van der Waals surface area contributed by atoms with Gasteiger partial charge < -0.3 is 26.6 Å². The van der Waals surface area contributed by atoms with Crippen LogP contribution in [-0.2, 0) is 4.79 Å². The summed E-state index contributed by atoms with van der Waals surface area (Å²) in [6.07, 6.45) is 0.979. The van der Waals surface area contributed by atoms with Gasteiger partial charge in [0.1, 0.15) is 0 Å². The second-order valence-corrected chi connectivity index (χ2v) is 10.1. The van der Waals surface area contributed by atoms with Crippen LogP contribution in [0.3, 0.4) is 0 Å². The Bertz CT molecular complexity index is 1390. The SMILES string of the molecule is C[C@H](CNC(=O)CNC(=O)c1cccc(NC2=NCCCN2)c1)NC(=O)c1c(Cl)cc(-c2ccccc2)cc1Cl. The Morgan fingerprint density at radius 1 is 0.925 bits per heavy atom. The van der Waals surface area contributed by atoms with Crippen molar-refractivity contribution in [3.8, 4) is 11.1 Å². The van der Waals surface area contributed by atoms with Crippen LogP contribution in [0.15, 0.2) is 71.7 Å². The summed E-state index contributed by atoms with van der Waals surface area (Å²) in [4.78, 5) is 42.1. The second kappa shape index (κ2) is 13.8. The molecule has 0 aromatic heterocycles. The van der Waals surface area contributed by atoms with E-state index >= 15 is 0 Å². The molecular formula is C29H30Cl2N6O3. The number of rotatable bonds is 9. The minimum atomic E-state index is -0.451. The molecule has 0 spiro atoms. The standard InChI is InChI=1S/C29H30Cl2N6O3/c1-18(36-28(40)26-23(30)14-21(15-24(26)31)19-7-3-2-4-8-19)16-34-25(38)17-35-27(39)20-9-5-10-22(13-20)37-29-32-11-6-12-33-29/h2-5,7-10,13-15,18H,6,11-12,16-17H2,1H3,(H,34,38)(H,35,39)(H,36,40)(H2,32,33,37)/t18-/m1/s1. The van der Waals surface area contributed by atoms with Gasteiger partial charge in [-0.2, -0.15) is 0 Å². The van der Waals surface area contributed by atoms with Gasteiger partial charge in [-0.1, -0.05) is 59.6 Å². The van der Waals surface area contributed by atoms with Crippen LogP contribution in [0.1, 0.15) is 34.1 Å². The first-order valence-corrected chi connectivity index (χ1v) is 13.6. The Morgan fingerprint density at radius 2 is 1.68 bits per heavy atom. The number of hydrogen-bond donors (Lipinski definition) is 5. The fraction of sp³-hybridized carbons (Fsp3) is 0.241. The topological polar surface area (TPSA) is 124 Å². The molecule has 0 radical (unpaired) electrons. The van der Waals surface area contributed by atoms with E-state index in [1.54, 1.807) is 37.3 Å². The van der Waals surface area contributed by atoms with Gasteiger partial charge in [0.2, 0.25) is 5.91 Å². The number of anilines is 1. The number of nitrogens with one attached hydrogen (secondary N) is 5. The summed E-state index contributed by atoms with van der Waals surface area (Å²) in [6.45, 7) is 3.25. The Labute approximate surface area is 242 Å². The normalized spacial score (nSPS) is 13.3. The van der Waals surface area contributed by atoms with Gasteiger partial charge in [-0.25, -0.2) is 0 Å². The molecule has 11 heteroatoms. The Morgan fingerprint density at radius 3 is 2.38 bits per heavy atom. The first kappa shape index (κ1) is 28.9. The zero-order valence-corrected chi connectivity index (χ0v) is 23.4. The maximum absolute atomic E-state index is 12.8. The number of nitrogens with zero attached hydrogens (tertiary/aromatic N) is 1. The fourth-order valence-electron chi connectivity index (χ4n) is 4.02. The van der Waals surface area contributed by atoms with Crippen LogP contribution in [0.4, 0.5) is 5.69 Å². The zero-order chi connectivity index (χ0) is 28.5. The van der Waals surface area contributed by atoms with Gasteiger partial charge in [0, 0.05) is 36.9 Å². The highest BCUT2D eigenvalue weighted by molar-refractivity contribution is 6.40. The summed E-state index contributed by atoms with van der Waals surface area (Å²) in [7, 11) is 0. The van der Waals surface area contributed by atoms with Crippen molar-refractivity contribution in [2.75, 3.05) is 31.5 Å². The molecule has 1 aliphatic heterocycles. The lowest BCUT2D eigenvalue weighted by atomic mass is 10.0. The van der Waals surface area contributed by atoms with Gasteiger partial charge in [0.15, 0.2) is 5.96 Å². The number of aliphatic imine (C=N–C) groups is 1. The molecule has 3 aromatic rings. The molecule has 4 rings (SSSR count). The lowest BCUT2D eigenvalue weighted by Crippen LogP contribution is -2.44. The molecule has 0 bridgehead atoms. The van der Waals surface area contributed by atoms with Gasteiger partial charge in [0.05, 0.1) is 22.2 Å². The van der Waals surface area contributed by atoms with E-state index < -0.39 is 17.9 Å². The predicted molar refractivity (Wildman–Crippen MR) is 159 cm³/mol. The number of guanidine groups is 1. The number of carbonyl (C=O) groups excluding carboxylic acids is 3. The van der Waals surface area contributed by atoms with Crippen LogP contribution >= 0.6 is 23.2 Å². The van der Waals surface area contributed by atoms with Crippen LogP contribution in [0.5, 0.6) is 0 Å². The summed E-state index contributed by atoms with van der Waals surface area (Å²) >= 11 is 12.8. The second-order valence-electron chi connectivity index (χ2n) is 9.26. The van der Waals surface area contributed by atoms with Gasteiger partial charge in [-0.15, -0.1) is 0 Å². The molecule has 1 heterocycles. The highest BCUT2D eigenvalue weighted by Gasteiger charge is 2.19. The molecule has 208 valence electrons. The number of halogens is 2. The van der Waals surface area contributed by atoms with E-state index in [1.807, 2.05) is 36.4 Å². The van der Waals surface area contributed by atoms with Crippen molar-refractivity contribution < 1.29 is 14.4 Å². The highest BCUT2D eigenvalue weighted by Crippen LogP contribution is 2.31. The van der Waals surface area contributed by atoms with Crippen LogP contribution < -0.4 is 26.6 Å².